The summed E-state index contributed by atoms with van der Waals surface area (Å²) in [5, 5.41) is 5.96. The molecule has 34 heavy (non-hydrogen) atoms. The summed E-state index contributed by atoms with van der Waals surface area (Å²) >= 11 is 5.32. The second-order valence-corrected chi connectivity index (χ2v) is 8.33. The van der Waals surface area contributed by atoms with Crippen molar-refractivity contribution in [2.45, 2.75) is 6.92 Å². The zero-order chi connectivity index (χ0) is 23.5. The highest BCUT2D eigenvalue weighted by Crippen LogP contribution is 2.28. The number of thiocarbonyl (C=S) groups is 1. The second kappa shape index (κ2) is 9.29. The third kappa shape index (κ3) is 4.72. The number of nitrogens with zero attached hydrogens (tertiary/aromatic N) is 1. The first-order valence-electron chi connectivity index (χ1n) is 10.8. The van der Waals surface area contributed by atoms with Crippen LogP contribution in [0.5, 0.6) is 0 Å². The highest BCUT2D eigenvalue weighted by molar-refractivity contribution is 7.80. The van der Waals surface area contributed by atoms with Crippen molar-refractivity contribution in [3.8, 4) is 22.6 Å². The fourth-order valence-corrected chi connectivity index (χ4v) is 3.90. The number of aryl methyl sites for hydroxylation is 1. The quantitative estimate of drug-likeness (QED) is 0.294. The molecule has 1 heterocycles. The van der Waals surface area contributed by atoms with Gasteiger partial charge in [0.05, 0.1) is 0 Å². The van der Waals surface area contributed by atoms with E-state index in [1.807, 2.05) is 73.7 Å². The minimum absolute atomic E-state index is 0.214. The summed E-state index contributed by atoms with van der Waals surface area (Å²) in [5.74, 6) is 0.284. The van der Waals surface area contributed by atoms with Crippen molar-refractivity contribution in [3.63, 3.8) is 0 Å². The number of anilines is 1. The topological polar surface area (TPSA) is 67.2 Å². The number of benzene rings is 4. The summed E-state index contributed by atoms with van der Waals surface area (Å²) in [6.45, 7) is 1.94. The average Bonchev–Trinajstić information content (AvgIpc) is 3.28. The lowest BCUT2D eigenvalue weighted by Crippen LogP contribution is -2.34. The van der Waals surface area contributed by atoms with Crippen molar-refractivity contribution in [1.29, 1.82) is 0 Å². The van der Waals surface area contributed by atoms with Crippen molar-refractivity contribution in [3.05, 3.63) is 108 Å². The van der Waals surface area contributed by atoms with Crippen molar-refractivity contribution in [1.82, 2.24) is 10.3 Å². The van der Waals surface area contributed by atoms with E-state index in [9.17, 15) is 4.79 Å². The Morgan fingerprint density at radius 2 is 1.56 bits per heavy atom. The maximum absolute atomic E-state index is 12.4. The van der Waals surface area contributed by atoms with Gasteiger partial charge in [0.1, 0.15) is 5.52 Å². The number of aromatic nitrogens is 1. The molecule has 0 unspecified atom stereocenters. The first kappa shape index (κ1) is 21.6. The molecule has 0 aliphatic heterocycles. The number of carbonyl (C=O) groups is 1. The monoisotopic (exact) mass is 463 g/mol. The van der Waals surface area contributed by atoms with Crippen LogP contribution in [0.1, 0.15) is 15.9 Å². The van der Waals surface area contributed by atoms with E-state index in [1.165, 1.54) is 0 Å². The van der Waals surface area contributed by atoms with Crippen molar-refractivity contribution in [2.75, 3.05) is 5.32 Å². The van der Waals surface area contributed by atoms with Gasteiger partial charge in [-0.15, -0.1) is 0 Å². The van der Waals surface area contributed by atoms with Gasteiger partial charge in [0.15, 0.2) is 10.7 Å². The fraction of sp³-hybridized carbons (Fsp3) is 0.0357. The van der Waals surface area contributed by atoms with Gasteiger partial charge in [-0.2, -0.15) is 0 Å². The SMILES string of the molecule is Cc1cccc(C(=O)NC(=S)Nc2ccc3oc(-c4ccc(-c5ccccc5)cc4)nc3c2)c1. The number of amides is 1. The Hall–Kier alpha value is -4.29. The fourth-order valence-electron chi connectivity index (χ4n) is 3.69. The molecule has 6 heteroatoms. The van der Waals surface area contributed by atoms with Gasteiger partial charge < -0.3 is 9.73 Å². The molecule has 2 N–H and O–H groups in total. The first-order chi connectivity index (χ1) is 16.5. The predicted molar refractivity (Wildman–Crippen MR) is 140 cm³/mol. The van der Waals surface area contributed by atoms with Gasteiger partial charge in [0, 0.05) is 16.8 Å². The molecular formula is C28H21N3O2S. The first-order valence-corrected chi connectivity index (χ1v) is 11.2. The molecule has 166 valence electrons. The van der Waals surface area contributed by atoms with Gasteiger partial charge in [-0.05, 0) is 72.7 Å². The molecule has 5 rings (SSSR count). The van der Waals surface area contributed by atoms with Crippen LogP contribution in [0.25, 0.3) is 33.7 Å². The molecule has 1 aromatic heterocycles. The van der Waals surface area contributed by atoms with Gasteiger partial charge in [-0.3, -0.25) is 10.1 Å². The van der Waals surface area contributed by atoms with E-state index >= 15 is 0 Å². The Labute approximate surface area is 202 Å². The van der Waals surface area contributed by atoms with Crippen molar-refractivity contribution in [2.24, 2.45) is 0 Å². The molecular weight excluding hydrogens is 442 g/mol. The number of nitrogens with one attached hydrogen (secondary N) is 2. The van der Waals surface area contributed by atoms with E-state index in [1.54, 1.807) is 6.07 Å². The third-order valence-electron chi connectivity index (χ3n) is 5.39. The van der Waals surface area contributed by atoms with Gasteiger partial charge in [-0.25, -0.2) is 4.98 Å². The van der Waals surface area contributed by atoms with Gasteiger partial charge in [-0.1, -0.05) is 60.2 Å². The van der Waals surface area contributed by atoms with Gasteiger partial charge in [0.25, 0.3) is 5.91 Å². The standard InChI is InChI=1S/C28H21N3O2S/c1-18-6-5-9-22(16-18)26(32)31-28(34)29-23-14-15-25-24(17-23)30-27(33-25)21-12-10-20(11-13-21)19-7-3-2-4-8-19/h2-17H,1H3,(H2,29,31,32,34). The molecule has 0 atom stereocenters. The summed E-state index contributed by atoms with van der Waals surface area (Å²) in [5.41, 5.74) is 6.82. The lowest BCUT2D eigenvalue weighted by molar-refractivity contribution is 0.0977. The molecule has 0 bridgehead atoms. The Balaban J connectivity index is 1.30. The summed E-state index contributed by atoms with van der Waals surface area (Å²) in [6, 6.07) is 31.2. The van der Waals surface area contributed by atoms with Crippen molar-refractivity contribution >= 4 is 40.0 Å². The molecule has 5 aromatic rings. The maximum Gasteiger partial charge on any atom is 0.257 e. The zero-order valence-corrected chi connectivity index (χ0v) is 19.2. The molecule has 0 aliphatic carbocycles. The van der Waals surface area contributed by atoms with Crippen LogP contribution in [0.2, 0.25) is 0 Å². The minimum Gasteiger partial charge on any atom is -0.436 e. The Bertz CT molecular complexity index is 1490. The Morgan fingerprint density at radius 1 is 0.824 bits per heavy atom. The lowest BCUT2D eigenvalue weighted by Gasteiger charge is -2.09. The van der Waals surface area contributed by atoms with Crippen LogP contribution in [0.3, 0.4) is 0 Å². The van der Waals surface area contributed by atoms with E-state index < -0.39 is 0 Å². The Kier molecular flexibility index (Phi) is 5.89. The number of oxazole rings is 1. The summed E-state index contributed by atoms with van der Waals surface area (Å²) < 4.78 is 5.95. The molecule has 4 aromatic carbocycles. The zero-order valence-electron chi connectivity index (χ0n) is 18.4. The van der Waals surface area contributed by atoms with Crippen LogP contribution in [0.4, 0.5) is 5.69 Å². The summed E-state index contributed by atoms with van der Waals surface area (Å²) in [7, 11) is 0. The number of fused-ring (bicyclic) bond motifs is 1. The minimum atomic E-state index is -0.259. The van der Waals surface area contributed by atoms with Crippen LogP contribution < -0.4 is 10.6 Å². The molecule has 5 nitrogen and oxygen atoms in total. The smallest absolute Gasteiger partial charge is 0.257 e. The molecule has 0 fully saturated rings. The van der Waals surface area contributed by atoms with Gasteiger partial charge in [0.2, 0.25) is 5.89 Å². The van der Waals surface area contributed by atoms with Crippen LogP contribution in [-0.4, -0.2) is 16.0 Å². The number of hydrogen-bond acceptors (Lipinski definition) is 4. The van der Waals surface area contributed by atoms with Crippen LogP contribution in [0, 0.1) is 6.92 Å². The Morgan fingerprint density at radius 3 is 2.32 bits per heavy atom. The molecule has 0 aliphatic rings. The van der Waals surface area contributed by atoms with Crippen molar-refractivity contribution < 1.29 is 9.21 Å². The molecule has 0 saturated heterocycles. The van der Waals surface area contributed by atoms with E-state index in [2.05, 4.69) is 39.9 Å². The van der Waals surface area contributed by atoms with Crippen LogP contribution in [0.15, 0.2) is 101 Å². The average molecular weight is 464 g/mol. The highest BCUT2D eigenvalue weighted by Gasteiger charge is 2.11. The molecule has 1 amide bonds. The largest absolute Gasteiger partial charge is 0.436 e. The van der Waals surface area contributed by atoms with E-state index in [-0.39, 0.29) is 11.0 Å². The van der Waals surface area contributed by atoms with E-state index in [0.717, 1.165) is 22.3 Å². The number of carbonyl (C=O) groups excluding carboxylic acids is 1. The van der Waals surface area contributed by atoms with Gasteiger partial charge >= 0.3 is 0 Å². The van der Waals surface area contributed by atoms with E-state index in [0.29, 0.717) is 28.2 Å². The number of rotatable bonds is 4. The summed E-state index contributed by atoms with van der Waals surface area (Å²) in [4.78, 5) is 17.1. The predicted octanol–water partition coefficient (Wildman–Crippen LogP) is 6.60. The maximum atomic E-state index is 12.4. The summed E-state index contributed by atoms with van der Waals surface area (Å²) in [6.07, 6.45) is 0. The van der Waals surface area contributed by atoms with Crippen LogP contribution in [-0.2, 0) is 0 Å². The molecule has 0 spiro atoms. The number of hydrogen-bond donors (Lipinski definition) is 2. The van der Waals surface area contributed by atoms with E-state index in [4.69, 9.17) is 16.6 Å². The van der Waals surface area contributed by atoms with Crippen LogP contribution >= 0.6 is 12.2 Å². The highest BCUT2D eigenvalue weighted by atomic mass is 32.1. The second-order valence-electron chi connectivity index (χ2n) is 7.92. The third-order valence-corrected chi connectivity index (χ3v) is 5.60. The molecule has 0 radical (unpaired) electrons. The lowest BCUT2D eigenvalue weighted by atomic mass is 10.0. The normalized spacial score (nSPS) is 10.7. The molecule has 0 saturated carbocycles.